The van der Waals surface area contributed by atoms with Crippen molar-refractivity contribution < 1.29 is 85.9 Å². The summed E-state index contributed by atoms with van der Waals surface area (Å²) in [5.74, 6) is 2.86. The lowest BCUT2D eigenvalue weighted by Crippen LogP contribution is -2.58. The highest BCUT2D eigenvalue weighted by Gasteiger charge is 2.59. The van der Waals surface area contributed by atoms with Crippen LogP contribution in [0.3, 0.4) is 0 Å². The highest BCUT2D eigenvalue weighted by molar-refractivity contribution is 5.95. The summed E-state index contributed by atoms with van der Waals surface area (Å²) in [6, 6.07) is 0. The Labute approximate surface area is 710 Å². The highest BCUT2D eigenvalue weighted by atomic mass is 16.6. The standard InChI is InChI=1S/C18H27NO3.C15H27NO2.C13H21NO3.C13H25NO2.C12H21NO3.C11H19NO3.C11H21NO2/c1-17(2,22-16(21)19-5-3-4-15(19)20)18-9-12-6-13(10-18)8-14(7-12)11-18;1-15(2,13-9-5-3-6-10-13)18-14(17)16-11-7-4-8-12-16;1-2-13(8-4-3-5-9-13)17-12(16)14-10-6-7-11(14)15;1-4-13(5-2,6-3)16-12(15)14-10-8-7-9-11-14;1-4-12(5-2,6-3)16-11(15)13-9-7-8-10(13)14;1-8(2)11(3,4)15-10(14)12-7-5-6-9(12)13;1-4-11(2,3)14-10(13)12-8-6-5-7-9-12/h12-14H,3-11H2,1-2H3;13H,3-12H2,1-2H3;2-10H2,1H3;4-11H2,1-3H3;4-9H2,1-3H3;8H,5-7H2,1-4H3;4-9H2,1-3H3. The van der Waals surface area contributed by atoms with E-state index in [1.54, 1.807) is 0 Å². The summed E-state index contributed by atoms with van der Waals surface area (Å²) in [5, 5.41) is 0. The molecule has 118 heavy (non-hydrogen) atoms. The number of hydrogen-bond acceptors (Lipinski definition) is 18. The van der Waals surface area contributed by atoms with Crippen LogP contribution in [0.4, 0.5) is 33.6 Å². The molecule has 6 saturated carbocycles. The van der Waals surface area contributed by atoms with Crippen LogP contribution in [0.2, 0.25) is 0 Å². The summed E-state index contributed by atoms with van der Waals surface area (Å²) in [7, 11) is 0. The third-order valence-corrected chi connectivity index (χ3v) is 28.8. The van der Waals surface area contributed by atoms with Gasteiger partial charge in [-0.1, -0.05) is 94.9 Å². The monoisotopic (exact) mass is 1660 g/mol. The van der Waals surface area contributed by atoms with Gasteiger partial charge in [0.2, 0.25) is 23.6 Å². The van der Waals surface area contributed by atoms with E-state index in [0.717, 1.165) is 198 Å². The highest BCUT2D eigenvalue weighted by Crippen LogP contribution is 2.64. The van der Waals surface area contributed by atoms with Crippen LogP contribution >= 0.6 is 0 Å². The molecule has 7 aliphatic heterocycles. The van der Waals surface area contributed by atoms with Gasteiger partial charge in [-0.25, -0.2) is 53.2 Å². The molecular formula is C93H161N7O18. The summed E-state index contributed by atoms with van der Waals surface area (Å²) in [5.41, 5.74) is -2.43. The van der Waals surface area contributed by atoms with Crippen molar-refractivity contribution in [1.29, 1.82) is 0 Å². The van der Waals surface area contributed by atoms with Crippen molar-refractivity contribution in [2.45, 2.75) is 427 Å². The van der Waals surface area contributed by atoms with E-state index in [4.69, 9.17) is 33.2 Å². The van der Waals surface area contributed by atoms with Crippen molar-refractivity contribution in [3.8, 4) is 0 Å². The lowest BCUT2D eigenvalue weighted by Gasteiger charge is -2.61. The second-order valence-corrected chi connectivity index (χ2v) is 38.4. The largest absolute Gasteiger partial charge is 0.443 e. The lowest BCUT2D eigenvalue weighted by molar-refractivity contribution is -0.167. The summed E-state index contributed by atoms with van der Waals surface area (Å²) in [6.45, 7) is 43.6. The number of imide groups is 4. The van der Waals surface area contributed by atoms with Crippen molar-refractivity contribution in [1.82, 2.24) is 34.3 Å². The summed E-state index contributed by atoms with van der Waals surface area (Å²) in [4.78, 5) is 140. The maximum atomic E-state index is 12.4. The van der Waals surface area contributed by atoms with Crippen molar-refractivity contribution in [3.05, 3.63) is 0 Å². The van der Waals surface area contributed by atoms with Gasteiger partial charge in [-0.3, -0.25) is 19.2 Å². The number of amides is 11. The van der Waals surface area contributed by atoms with Gasteiger partial charge in [0.15, 0.2) is 0 Å². The molecular weight excluding hydrogens is 1500 g/mol. The fourth-order valence-electron chi connectivity index (χ4n) is 19.2. The van der Waals surface area contributed by atoms with Crippen LogP contribution in [0.5, 0.6) is 0 Å². The van der Waals surface area contributed by atoms with Crippen molar-refractivity contribution >= 4 is 66.3 Å². The molecule has 0 N–H and O–H groups in total. The average Bonchev–Trinajstić information content (AvgIpc) is 0.916. The first-order valence-corrected chi connectivity index (χ1v) is 46.9. The molecule has 7 saturated heterocycles. The van der Waals surface area contributed by atoms with E-state index in [9.17, 15) is 52.7 Å². The van der Waals surface area contributed by atoms with Gasteiger partial charge in [-0.2, -0.15) is 0 Å². The van der Waals surface area contributed by atoms with Crippen molar-refractivity contribution in [2.75, 3.05) is 65.4 Å². The Kier molecular flexibility index (Phi) is 39.7. The van der Waals surface area contributed by atoms with E-state index in [-0.39, 0.29) is 75.6 Å². The fourth-order valence-corrected chi connectivity index (χ4v) is 19.2. The molecule has 0 aromatic carbocycles. The van der Waals surface area contributed by atoms with Gasteiger partial charge in [0.25, 0.3) is 0 Å². The molecule has 11 amide bonds. The van der Waals surface area contributed by atoms with Crippen LogP contribution in [-0.4, -0.2) is 205 Å². The van der Waals surface area contributed by atoms with Crippen LogP contribution in [0, 0.1) is 35.0 Å². The number of rotatable bonds is 18. The quantitative estimate of drug-likeness (QED) is 0.115. The predicted octanol–water partition coefficient (Wildman–Crippen LogP) is 21.8. The number of piperidine rings is 3. The predicted molar refractivity (Wildman–Crippen MR) is 457 cm³/mol. The maximum Gasteiger partial charge on any atom is 0.417 e. The van der Waals surface area contributed by atoms with Crippen LogP contribution < -0.4 is 0 Å². The molecule has 0 radical (unpaired) electrons. The zero-order chi connectivity index (χ0) is 87.3. The van der Waals surface area contributed by atoms with Crippen LogP contribution in [0.15, 0.2) is 0 Å². The van der Waals surface area contributed by atoms with E-state index in [1.165, 1.54) is 116 Å². The average molecular weight is 1670 g/mol. The number of ether oxygens (including phenoxy) is 7. The first-order chi connectivity index (χ1) is 55.8. The Bertz CT molecular complexity index is 3150. The normalized spacial score (nSPS) is 23.4. The lowest BCUT2D eigenvalue weighted by atomic mass is 9.46. The zero-order valence-electron chi connectivity index (χ0n) is 76.9. The second kappa shape index (κ2) is 46.7. The zero-order valence-corrected chi connectivity index (χ0v) is 76.9. The molecule has 13 rings (SSSR count). The third kappa shape index (κ3) is 29.1. The van der Waals surface area contributed by atoms with Gasteiger partial charge in [0.05, 0.1) is 0 Å². The van der Waals surface area contributed by atoms with Crippen molar-refractivity contribution in [2.24, 2.45) is 35.0 Å². The van der Waals surface area contributed by atoms with E-state index in [2.05, 4.69) is 55.4 Å². The fraction of sp³-hybridized carbons (Fsp3) is 0.882. The van der Waals surface area contributed by atoms with E-state index in [1.807, 2.05) is 83.9 Å². The van der Waals surface area contributed by atoms with E-state index in [0.29, 0.717) is 57.8 Å². The summed E-state index contributed by atoms with van der Waals surface area (Å²) in [6.07, 6.45) is 39.4. The molecule has 0 aromatic rings. The second-order valence-electron chi connectivity index (χ2n) is 38.4. The molecule has 0 atom stereocenters. The smallest absolute Gasteiger partial charge is 0.417 e. The van der Waals surface area contributed by atoms with Gasteiger partial charge in [0, 0.05) is 96.5 Å². The number of nitrogens with zero attached hydrogens (tertiary/aromatic N) is 7. The molecule has 13 fully saturated rings. The van der Waals surface area contributed by atoms with Gasteiger partial charge >= 0.3 is 42.7 Å². The Morgan fingerprint density at radius 2 is 0.669 bits per heavy atom. The first-order valence-electron chi connectivity index (χ1n) is 46.9. The van der Waals surface area contributed by atoms with Gasteiger partial charge in [-0.05, 0) is 297 Å². The molecule has 25 nitrogen and oxygen atoms in total. The minimum atomic E-state index is -0.528. The molecule has 7 heterocycles. The Hall–Kier alpha value is -6.43. The van der Waals surface area contributed by atoms with E-state index >= 15 is 0 Å². The van der Waals surface area contributed by atoms with Crippen LogP contribution in [0.25, 0.3) is 0 Å². The first kappa shape index (κ1) is 100. The maximum absolute atomic E-state index is 12.4. The minimum Gasteiger partial charge on any atom is -0.443 e. The van der Waals surface area contributed by atoms with Gasteiger partial charge < -0.3 is 47.9 Å². The molecule has 0 spiro atoms. The molecule has 25 heteroatoms. The Morgan fingerprint density at radius 3 is 1.00 bits per heavy atom. The Morgan fingerprint density at radius 1 is 0.356 bits per heavy atom. The molecule has 4 bridgehead atoms. The van der Waals surface area contributed by atoms with Gasteiger partial charge in [-0.15, -0.1) is 0 Å². The number of hydrogen-bond donors (Lipinski definition) is 0. The van der Waals surface area contributed by atoms with Crippen molar-refractivity contribution in [3.63, 3.8) is 0 Å². The molecule has 0 aromatic heterocycles. The molecule has 0 unspecified atom stereocenters. The molecule has 676 valence electrons. The van der Waals surface area contributed by atoms with Crippen LogP contribution in [0.1, 0.15) is 388 Å². The van der Waals surface area contributed by atoms with E-state index < -0.39 is 41.2 Å². The summed E-state index contributed by atoms with van der Waals surface area (Å²) >= 11 is 0. The number of carbonyl (C=O) groups excluding carboxylic acids is 11. The topological polar surface area (TPSA) is 275 Å². The molecule has 13 aliphatic rings. The number of carbonyl (C=O) groups is 11. The molecule has 6 aliphatic carbocycles. The minimum absolute atomic E-state index is 0.0775. The van der Waals surface area contributed by atoms with Gasteiger partial charge in [0.1, 0.15) is 39.2 Å². The SMILES string of the molecule is CC(C)(OC(=O)N1CCCC1=O)C12CC3CC(CC(C3)C1)C2.CC(C)(OC(=O)N1CCCCC1)C1CCCCC1.CC(C)C(C)(C)OC(=O)N1CCCC1=O.CCC(C)(C)OC(=O)N1CCCCC1.CCC(CC)(CC)OC(=O)N1CCCC1=O.CCC(CC)(CC)OC(=O)N1CCCCC1.CCC1(OC(=O)N2CCCC2=O)CCCCC1. The van der Waals surface area contributed by atoms with Crippen LogP contribution in [-0.2, 0) is 52.3 Å². The summed E-state index contributed by atoms with van der Waals surface area (Å²) < 4.78 is 39.3. The Balaban J connectivity index is 0.000000215. The third-order valence-electron chi connectivity index (χ3n) is 28.8. The number of likely N-dealkylation sites (tertiary alicyclic amines) is 7.